The number of carbonyl (C=O) groups excluding carboxylic acids is 2. The van der Waals surface area contributed by atoms with Crippen molar-refractivity contribution in [3.05, 3.63) is 35.9 Å². The van der Waals surface area contributed by atoms with Crippen LogP contribution in [0.1, 0.15) is 58.9 Å². The SMILES string of the molecule is CC(=O)NC1CCC2(C)CCC(C(C)C(=O)N(C)CCc3ccccc3)C(O)C2C1C. The van der Waals surface area contributed by atoms with E-state index in [0.29, 0.717) is 6.54 Å². The van der Waals surface area contributed by atoms with Crippen LogP contribution in [-0.4, -0.2) is 47.6 Å². The predicted octanol–water partition coefficient (Wildman–Crippen LogP) is 3.65. The van der Waals surface area contributed by atoms with Crippen LogP contribution in [0.3, 0.4) is 0 Å². The second-order valence-electron chi connectivity index (χ2n) is 10.4. The van der Waals surface area contributed by atoms with Gasteiger partial charge >= 0.3 is 0 Å². The summed E-state index contributed by atoms with van der Waals surface area (Å²) in [5, 5.41) is 14.6. The topological polar surface area (TPSA) is 69.6 Å². The molecule has 0 heterocycles. The Bertz CT molecular complexity index is 767. The molecule has 31 heavy (non-hydrogen) atoms. The van der Waals surface area contributed by atoms with Crippen molar-refractivity contribution in [1.82, 2.24) is 10.2 Å². The van der Waals surface area contributed by atoms with Crippen molar-refractivity contribution in [2.75, 3.05) is 13.6 Å². The van der Waals surface area contributed by atoms with Gasteiger partial charge in [0.1, 0.15) is 0 Å². The summed E-state index contributed by atoms with van der Waals surface area (Å²) in [6, 6.07) is 10.3. The van der Waals surface area contributed by atoms with Crippen molar-refractivity contribution in [2.45, 2.75) is 71.9 Å². The van der Waals surface area contributed by atoms with E-state index in [1.165, 1.54) is 5.56 Å². The Kier molecular flexibility index (Phi) is 7.46. The number of aliphatic hydroxyl groups excluding tert-OH is 1. The Morgan fingerprint density at radius 1 is 1.23 bits per heavy atom. The lowest BCUT2D eigenvalue weighted by atomic mass is 9.51. The van der Waals surface area contributed by atoms with Gasteiger partial charge in [0.2, 0.25) is 11.8 Å². The van der Waals surface area contributed by atoms with E-state index >= 15 is 0 Å². The number of hydrogen-bond donors (Lipinski definition) is 2. The number of benzene rings is 1. The molecule has 2 amide bonds. The Morgan fingerprint density at radius 2 is 1.87 bits per heavy atom. The highest BCUT2D eigenvalue weighted by molar-refractivity contribution is 5.78. The molecule has 5 nitrogen and oxygen atoms in total. The van der Waals surface area contributed by atoms with Gasteiger partial charge < -0.3 is 15.3 Å². The number of aliphatic hydroxyl groups is 1. The number of carbonyl (C=O) groups is 2. The molecule has 1 aromatic carbocycles. The Labute approximate surface area is 187 Å². The fourth-order valence-corrected chi connectivity index (χ4v) is 6.34. The van der Waals surface area contributed by atoms with Crippen LogP contribution in [0.15, 0.2) is 30.3 Å². The first-order chi connectivity index (χ1) is 14.6. The molecule has 2 fully saturated rings. The highest BCUT2D eigenvalue weighted by Crippen LogP contribution is 2.55. The van der Waals surface area contributed by atoms with Crippen LogP contribution in [0, 0.1) is 29.1 Å². The van der Waals surface area contributed by atoms with Gasteiger partial charge in [-0.1, -0.05) is 51.1 Å². The van der Waals surface area contributed by atoms with E-state index in [9.17, 15) is 14.7 Å². The lowest BCUT2D eigenvalue weighted by molar-refractivity contribution is -0.149. The van der Waals surface area contributed by atoms with Gasteiger partial charge in [0.25, 0.3) is 0 Å². The van der Waals surface area contributed by atoms with Gasteiger partial charge in [0, 0.05) is 32.5 Å². The zero-order valence-corrected chi connectivity index (χ0v) is 19.8. The van der Waals surface area contributed by atoms with Gasteiger partial charge in [0.15, 0.2) is 0 Å². The summed E-state index contributed by atoms with van der Waals surface area (Å²) in [6.07, 6.45) is 4.19. The molecule has 1 aromatic rings. The molecular formula is C26H40N2O3. The monoisotopic (exact) mass is 428 g/mol. The molecule has 2 aliphatic carbocycles. The highest BCUT2D eigenvalue weighted by Gasteiger charge is 2.53. The van der Waals surface area contributed by atoms with Crippen molar-refractivity contribution in [3.8, 4) is 0 Å². The maximum absolute atomic E-state index is 13.2. The van der Waals surface area contributed by atoms with Crippen LogP contribution in [0.4, 0.5) is 0 Å². The Hall–Kier alpha value is -1.88. The van der Waals surface area contributed by atoms with Gasteiger partial charge in [-0.05, 0) is 60.8 Å². The fraction of sp³-hybridized carbons (Fsp3) is 0.692. The normalized spacial score (nSPS) is 33.8. The van der Waals surface area contributed by atoms with Gasteiger partial charge in [-0.15, -0.1) is 0 Å². The summed E-state index contributed by atoms with van der Waals surface area (Å²) in [5.41, 5.74) is 1.30. The first-order valence-corrected chi connectivity index (χ1v) is 11.9. The summed E-state index contributed by atoms with van der Waals surface area (Å²) in [4.78, 5) is 26.7. The van der Waals surface area contributed by atoms with E-state index in [-0.39, 0.29) is 46.9 Å². The molecule has 2 saturated carbocycles. The smallest absolute Gasteiger partial charge is 0.225 e. The molecule has 0 aliphatic heterocycles. The third kappa shape index (κ3) is 5.14. The third-order valence-corrected chi connectivity index (χ3v) is 8.26. The number of nitrogens with zero attached hydrogens (tertiary/aromatic N) is 1. The summed E-state index contributed by atoms with van der Waals surface area (Å²) in [5.74, 6) is 0.147. The molecule has 7 unspecified atom stereocenters. The van der Waals surface area contributed by atoms with Crippen molar-refractivity contribution in [1.29, 1.82) is 0 Å². The molecule has 7 atom stereocenters. The van der Waals surface area contributed by atoms with Crippen molar-refractivity contribution < 1.29 is 14.7 Å². The lowest BCUT2D eigenvalue weighted by Crippen LogP contribution is -2.58. The summed E-state index contributed by atoms with van der Waals surface area (Å²) in [6.45, 7) is 8.67. The first-order valence-electron chi connectivity index (χ1n) is 11.9. The predicted molar refractivity (Wildman–Crippen MR) is 123 cm³/mol. The van der Waals surface area contributed by atoms with Crippen LogP contribution < -0.4 is 5.32 Å². The quantitative estimate of drug-likeness (QED) is 0.727. The number of hydrogen-bond acceptors (Lipinski definition) is 3. The molecule has 0 saturated heterocycles. The van der Waals surface area contributed by atoms with E-state index in [0.717, 1.165) is 32.1 Å². The van der Waals surface area contributed by atoms with Crippen LogP contribution >= 0.6 is 0 Å². The van der Waals surface area contributed by atoms with Gasteiger partial charge in [0.05, 0.1) is 6.10 Å². The van der Waals surface area contributed by atoms with Crippen LogP contribution in [0.2, 0.25) is 0 Å². The molecular weight excluding hydrogens is 388 g/mol. The number of likely N-dealkylation sites (N-methyl/N-ethyl adjacent to an activating group) is 1. The average molecular weight is 429 g/mol. The summed E-state index contributed by atoms with van der Waals surface area (Å²) >= 11 is 0. The molecule has 0 aromatic heterocycles. The van der Waals surface area contributed by atoms with Crippen molar-refractivity contribution in [2.24, 2.45) is 29.1 Å². The second-order valence-corrected chi connectivity index (χ2v) is 10.4. The second kappa shape index (κ2) is 9.72. The van der Waals surface area contributed by atoms with E-state index in [1.54, 1.807) is 6.92 Å². The van der Waals surface area contributed by atoms with Crippen LogP contribution in [0.5, 0.6) is 0 Å². The maximum atomic E-state index is 13.2. The van der Waals surface area contributed by atoms with E-state index in [4.69, 9.17) is 0 Å². The molecule has 0 radical (unpaired) electrons. The minimum absolute atomic E-state index is 0.00844. The lowest BCUT2D eigenvalue weighted by Gasteiger charge is -2.56. The molecule has 0 bridgehead atoms. The number of fused-ring (bicyclic) bond motifs is 1. The minimum Gasteiger partial charge on any atom is -0.392 e. The zero-order valence-electron chi connectivity index (χ0n) is 19.8. The third-order valence-electron chi connectivity index (χ3n) is 8.26. The molecule has 2 aliphatic rings. The minimum atomic E-state index is -0.521. The molecule has 5 heteroatoms. The van der Waals surface area contributed by atoms with Gasteiger partial charge in [-0.2, -0.15) is 0 Å². The van der Waals surface area contributed by atoms with Crippen LogP contribution in [-0.2, 0) is 16.0 Å². The van der Waals surface area contributed by atoms with Crippen molar-refractivity contribution in [3.63, 3.8) is 0 Å². The van der Waals surface area contributed by atoms with Gasteiger partial charge in [-0.3, -0.25) is 9.59 Å². The Balaban J connectivity index is 1.66. The number of amides is 2. The maximum Gasteiger partial charge on any atom is 0.225 e. The van der Waals surface area contributed by atoms with Crippen molar-refractivity contribution >= 4 is 11.8 Å². The Morgan fingerprint density at radius 3 is 2.52 bits per heavy atom. The van der Waals surface area contributed by atoms with Gasteiger partial charge in [-0.25, -0.2) is 0 Å². The fourth-order valence-electron chi connectivity index (χ4n) is 6.34. The summed E-state index contributed by atoms with van der Waals surface area (Å²) < 4.78 is 0. The number of nitrogens with one attached hydrogen (secondary N) is 1. The standard InChI is InChI=1S/C26H40N2O3/c1-17(25(31)28(5)16-13-20-9-7-6-8-10-20)21-11-14-26(4)15-12-22(27-19(3)29)18(2)23(26)24(21)30/h6-10,17-18,21-24,30H,11-16H2,1-5H3,(H,27,29). The molecule has 0 spiro atoms. The number of rotatable bonds is 6. The van der Waals surface area contributed by atoms with E-state index in [1.807, 2.05) is 37.1 Å². The highest BCUT2D eigenvalue weighted by atomic mass is 16.3. The molecule has 172 valence electrons. The zero-order chi connectivity index (χ0) is 22.8. The van der Waals surface area contributed by atoms with Crippen LogP contribution in [0.25, 0.3) is 0 Å². The van der Waals surface area contributed by atoms with E-state index < -0.39 is 6.10 Å². The largest absolute Gasteiger partial charge is 0.392 e. The first kappa shape index (κ1) is 23.8. The average Bonchev–Trinajstić information content (AvgIpc) is 2.74. The van der Waals surface area contributed by atoms with E-state index in [2.05, 4.69) is 31.3 Å². The summed E-state index contributed by atoms with van der Waals surface area (Å²) in [7, 11) is 1.87. The molecule has 3 rings (SSSR count). The molecule has 2 N–H and O–H groups in total.